The fourth-order valence-electron chi connectivity index (χ4n) is 2.28. The number of carbonyl (C=O) groups is 1. The van der Waals surface area contributed by atoms with Crippen molar-refractivity contribution in [3.8, 4) is 17.0 Å². The van der Waals surface area contributed by atoms with Gasteiger partial charge in [-0.3, -0.25) is 4.79 Å². The van der Waals surface area contributed by atoms with Crippen molar-refractivity contribution in [1.82, 2.24) is 20.0 Å². The summed E-state index contributed by atoms with van der Waals surface area (Å²) < 4.78 is 19.5. The Morgan fingerprint density at radius 1 is 1.32 bits per heavy atom. The Bertz CT molecular complexity index is 892. The first kappa shape index (κ1) is 16.6. The van der Waals surface area contributed by atoms with Gasteiger partial charge < -0.3 is 10.1 Å². The fraction of sp³-hybridized carbons (Fsp3) is 0.176. The zero-order valence-corrected chi connectivity index (χ0v) is 13.7. The first-order valence-corrected chi connectivity index (χ1v) is 7.51. The van der Waals surface area contributed by atoms with Crippen LogP contribution in [0.3, 0.4) is 0 Å². The minimum Gasteiger partial charge on any atom is -0.497 e. The van der Waals surface area contributed by atoms with Crippen molar-refractivity contribution in [3.05, 3.63) is 54.1 Å². The number of pyridine rings is 1. The highest BCUT2D eigenvalue weighted by Crippen LogP contribution is 2.25. The van der Waals surface area contributed by atoms with Gasteiger partial charge in [0.05, 0.1) is 19.5 Å². The number of carbonyl (C=O) groups excluding carboxylic acids is 1. The molecule has 2 heterocycles. The van der Waals surface area contributed by atoms with Crippen LogP contribution in [-0.2, 0) is 11.3 Å². The summed E-state index contributed by atoms with van der Waals surface area (Å²) in [5.41, 5.74) is 2.54. The number of amides is 1. The van der Waals surface area contributed by atoms with Gasteiger partial charge in [0.25, 0.3) is 0 Å². The third-order valence-corrected chi connectivity index (χ3v) is 3.56. The van der Waals surface area contributed by atoms with Crippen LogP contribution in [0.15, 0.2) is 42.7 Å². The topological polar surface area (TPSA) is 81.9 Å². The largest absolute Gasteiger partial charge is 0.497 e. The molecule has 0 aliphatic carbocycles. The number of anilines is 1. The van der Waals surface area contributed by atoms with E-state index in [4.69, 9.17) is 4.74 Å². The van der Waals surface area contributed by atoms with E-state index in [-0.39, 0.29) is 18.3 Å². The lowest BCUT2D eigenvalue weighted by Gasteiger charge is -2.05. The lowest BCUT2D eigenvalue weighted by Crippen LogP contribution is -2.19. The number of methoxy groups -OCH3 is 1. The molecule has 0 bridgehead atoms. The van der Waals surface area contributed by atoms with E-state index in [0.29, 0.717) is 5.69 Å². The average Bonchev–Trinajstić information content (AvgIpc) is 3.05. The minimum atomic E-state index is -0.465. The van der Waals surface area contributed by atoms with E-state index in [2.05, 4.69) is 20.6 Å². The third kappa shape index (κ3) is 3.97. The van der Waals surface area contributed by atoms with Gasteiger partial charge in [-0.05, 0) is 36.8 Å². The van der Waals surface area contributed by atoms with Gasteiger partial charge in [-0.25, -0.2) is 14.1 Å². The average molecular weight is 341 g/mol. The summed E-state index contributed by atoms with van der Waals surface area (Å²) >= 11 is 0. The zero-order chi connectivity index (χ0) is 17.8. The Kier molecular flexibility index (Phi) is 4.69. The van der Waals surface area contributed by atoms with Crippen LogP contribution >= 0.6 is 0 Å². The second kappa shape index (κ2) is 7.08. The summed E-state index contributed by atoms with van der Waals surface area (Å²) in [6.07, 6.45) is 2.72. The smallest absolute Gasteiger partial charge is 0.247 e. The molecular weight excluding hydrogens is 325 g/mol. The van der Waals surface area contributed by atoms with Crippen LogP contribution in [-0.4, -0.2) is 33.0 Å². The monoisotopic (exact) mass is 341 g/mol. The lowest BCUT2D eigenvalue weighted by molar-refractivity contribution is -0.116. The highest BCUT2D eigenvalue weighted by atomic mass is 19.1. The third-order valence-electron chi connectivity index (χ3n) is 3.56. The van der Waals surface area contributed by atoms with Crippen molar-refractivity contribution in [2.45, 2.75) is 13.5 Å². The first-order valence-electron chi connectivity index (χ1n) is 7.51. The van der Waals surface area contributed by atoms with Crippen LogP contribution in [0.1, 0.15) is 5.56 Å². The fourth-order valence-corrected chi connectivity index (χ4v) is 2.28. The number of nitrogens with zero attached hydrogens (tertiary/aromatic N) is 4. The number of halogens is 1. The number of benzene rings is 1. The van der Waals surface area contributed by atoms with E-state index >= 15 is 0 Å². The standard InChI is InChI=1S/C17H16FN5O2/c1-11-3-5-13(25-2)7-14(11)15-9-23(22-21-15)10-17(24)20-16-6-4-12(18)8-19-16/h3-9H,10H2,1-2H3,(H,19,20,24). The predicted molar refractivity (Wildman–Crippen MR) is 89.6 cm³/mol. The number of nitrogens with one attached hydrogen (secondary N) is 1. The van der Waals surface area contributed by atoms with Crippen LogP contribution in [0, 0.1) is 12.7 Å². The summed E-state index contributed by atoms with van der Waals surface area (Å²) in [6.45, 7) is 1.93. The number of hydrogen-bond donors (Lipinski definition) is 1. The molecule has 128 valence electrons. The summed E-state index contributed by atoms with van der Waals surface area (Å²) in [6, 6.07) is 8.28. The normalized spacial score (nSPS) is 10.5. The Morgan fingerprint density at radius 3 is 2.88 bits per heavy atom. The molecule has 0 saturated heterocycles. The molecule has 7 nitrogen and oxygen atoms in total. The molecule has 3 rings (SSSR count). The molecule has 0 radical (unpaired) electrons. The minimum absolute atomic E-state index is 0.0327. The van der Waals surface area contributed by atoms with Crippen LogP contribution < -0.4 is 10.1 Å². The lowest BCUT2D eigenvalue weighted by atomic mass is 10.1. The first-order chi connectivity index (χ1) is 12.0. The van der Waals surface area contributed by atoms with Gasteiger partial charge in [0, 0.05) is 5.56 Å². The quantitative estimate of drug-likeness (QED) is 0.771. The van der Waals surface area contributed by atoms with Crippen molar-refractivity contribution >= 4 is 11.7 Å². The maximum absolute atomic E-state index is 12.8. The zero-order valence-electron chi connectivity index (χ0n) is 13.7. The van der Waals surface area contributed by atoms with E-state index in [9.17, 15) is 9.18 Å². The van der Waals surface area contributed by atoms with E-state index in [1.54, 1.807) is 13.3 Å². The van der Waals surface area contributed by atoms with Gasteiger partial charge in [0.2, 0.25) is 5.91 Å². The van der Waals surface area contributed by atoms with Crippen LogP contribution in [0.5, 0.6) is 5.75 Å². The predicted octanol–water partition coefficient (Wildman–Crippen LogP) is 2.43. The SMILES string of the molecule is COc1ccc(C)c(-c2cn(CC(=O)Nc3ccc(F)cn3)nn2)c1. The van der Waals surface area contributed by atoms with Crippen LogP contribution in [0.25, 0.3) is 11.3 Å². The van der Waals surface area contributed by atoms with Gasteiger partial charge in [-0.1, -0.05) is 11.3 Å². The molecule has 0 aliphatic heterocycles. The summed E-state index contributed by atoms with van der Waals surface area (Å²) in [5, 5.41) is 10.6. The number of ether oxygens (including phenoxy) is 1. The number of rotatable bonds is 5. The van der Waals surface area contributed by atoms with E-state index < -0.39 is 5.82 Å². The maximum atomic E-state index is 12.8. The van der Waals surface area contributed by atoms with Crippen LogP contribution in [0.2, 0.25) is 0 Å². The van der Waals surface area contributed by atoms with Gasteiger partial charge >= 0.3 is 0 Å². The second-order valence-corrected chi connectivity index (χ2v) is 5.39. The van der Waals surface area contributed by atoms with E-state index in [1.807, 2.05) is 25.1 Å². The van der Waals surface area contributed by atoms with E-state index in [0.717, 1.165) is 23.1 Å². The number of aromatic nitrogens is 4. The number of hydrogen-bond acceptors (Lipinski definition) is 5. The molecule has 2 aromatic heterocycles. The highest BCUT2D eigenvalue weighted by molar-refractivity contribution is 5.89. The summed E-state index contributed by atoms with van der Waals surface area (Å²) in [7, 11) is 1.60. The molecule has 3 aromatic rings. The highest BCUT2D eigenvalue weighted by Gasteiger charge is 2.11. The molecule has 0 unspecified atom stereocenters. The van der Waals surface area contributed by atoms with Gasteiger partial charge in [0.15, 0.2) is 0 Å². The van der Waals surface area contributed by atoms with Gasteiger partial charge in [0.1, 0.15) is 29.6 Å². The molecule has 0 fully saturated rings. The van der Waals surface area contributed by atoms with Gasteiger partial charge in [-0.2, -0.15) is 0 Å². The molecule has 0 atom stereocenters. The van der Waals surface area contributed by atoms with Crippen LogP contribution in [0.4, 0.5) is 10.2 Å². The molecule has 25 heavy (non-hydrogen) atoms. The molecule has 0 aliphatic rings. The molecule has 1 aromatic carbocycles. The molecule has 1 N–H and O–H groups in total. The summed E-state index contributed by atoms with van der Waals surface area (Å²) in [4.78, 5) is 15.8. The van der Waals surface area contributed by atoms with Crippen molar-refractivity contribution in [2.24, 2.45) is 0 Å². The second-order valence-electron chi connectivity index (χ2n) is 5.39. The van der Waals surface area contributed by atoms with Crippen molar-refractivity contribution in [3.63, 3.8) is 0 Å². The maximum Gasteiger partial charge on any atom is 0.247 e. The molecule has 0 saturated carbocycles. The van der Waals surface area contributed by atoms with E-state index in [1.165, 1.54) is 16.8 Å². The summed E-state index contributed by atoms with van der Waals surface area (Å²) in [5.74, 6) is 0.191. The Labute approximate surface area is 143 Å². The number of aryl methyl sites for hydroxylation is 1. The molecule has 8 heteroatoms. The Morgan fingerprint density at radius 2 is 2.16 bits per heavy atom. The molecule has 1 amide bonds. The van der Waals surface area contributed by atoms with Crippen molar-refractivity contribution < 1.29 is 13.9 Å². The van der Waals surface area contributed by atoms with Crippen molar-refractivity contribution in [1.29, 1.82) is 0 Å². The van der Waals surface area contributed by atoms with Crippen molar-refractivity contribution in [2.75, 3.05) is 12.4 Å². The Hall–Kier alpha value is -3.29. The molecular formula is C17H16FN5O2. The Balaban J connectivity index is 1.71. The van der Waals surface area contributed by atoms with Gasteiger partial charge in [-0.15, -0.1) is 5.10 Å². The molecule has 0 spiro atoms.